The standard InChI is InChI=1S/C14H12FNO3/c15-11-1-2-13-10(5-11)6-12(19-13)8-16-4-3-9(7-16)14(17)18/h1-5,7,12H,6,8H2,(H,17,18). The molecule has 1 aliphatic rings. The highest BCUT2D eigenvalue weighted by Crippen LogP contribution is 2.29. The van der Waals surface area contributed by atoms with Gasteiger partial charge in [0.15, 0.2) is 0 Å². The van der Waals surface area contributed by atoms with E-state index in [0.717, 1.165) is 5.56 Å². The lowest BCUT2D eigenvalue weighted by Gasteiger charge is -2.11. The highest BCUT2D eigenvalue weighted by Gasteiger charge is 2.23. The molecule has 1 N–H and O–H groups in total. The number of benzene rings is 1. The SMILES string of the molecule is O=C(O)c1ccn(CC2Cc3cc(F)ccc3O2)c1. The number of carboxylic acid groups (broad SMARTS) is 1. The molecule has 3 rings (SSSR count). The highest BCUT2D eigenvalue weighted by atomic mass is 19.1. The van der Waals surface area contributed by atoms with E-state index in [1.165, 1.54) is 12.1 Å². The Labute approximate surface area is 109 Å². The molecule has 1 unspecified atom stereocenters. The Morgan fingerprint density at radius 1 is 1.47 bits per heavy atom. The molecule has 5 heteroatoms. The molecule has 98 valence electrons. The lowest BCUT2D eigenvalue weighted by atomic mass is 10.1. The third kappa shape index (κ3) is 2.31. The number of carboxylic acids is 1. The van der Waals surface area contributed by atoms with E-state index < -0.39 is 5.97 Å². The Balaban J connectivity index is 1.71. The van der Waals surface area contributed by atoms with Crippen LogP contribution in [-0.4, -0.2) is 21.7 Å². The molecule has 0 spiro atoms. The molecule has 0 bridgehead atoms. The van der Waals surface area contributed by atoms with E-state index in [1.54, 1.807) is 29.1 Å². The topological polar surface area (TPSA) is 51.5 Å². The van der Waals surface area contributed by atoms with Crippen molar-refractivity contribution in [2.75, 3.05) is 0 Å². The first-order valence-electron chi connectivity index (χ1n) is 5.96. The van der Waals surface area contributed by atoms with Crippen LogP contribution in [0.1, 0.15) is 15.9 Å². The van der Waals surface area contributed by atoms with Crippen LogP contribution in [0.25, 0.3) is 0 Å². The molecule has 1 aromatic heterocycles. The van der Waals surface area contributed by atoms with E-state index in [-0.39, 0.29) is 17.5 Å². The van der Waals surface area contributed by atoms with Crippen LogP contribution in [0.4, 0.5) is 4.39 Å². The first kappa shape index (κ1) is 11.8. The second kappa shape index (κ2) is 4.42. The van der Waals surface area contributed by atoms with Crippen molar-refractivity contribution in [3.05, 3.63) is 53.6 Å². The maximum Gasteiger partial charge on any atom is 0.337 e. The van der Waals surface area contributed by atoms with Gasteiger partial charge in [-0.1, -0.05) is 0 Å². The second-order valence-electron chi connectivity index (χ2n) is 4.60. The number of ether oxygens (including phenoxy) is 1. The quantitative estimate of drug-likeness (QED) is 0.922. The Morgan fingerprint density at radius 2 is 2.32 bits per heavy atom. The van der Waals surface area contributed by atoms with Crippen molar-refractivity contribution in [1.29, 1.82) is 0 Å². The van der Waals surface area contributed by atoms with Gasteiger partial charge in [-0.3, -0.25) is 0 Å². The molecular formula is C14H12FNO3. The molecule has 0 saturated heterocycles. The summed E-state index contributed by atoms with van der Waals surface area (Å²) in [5, 5.41) is 8.85. The van der Waals surface area contributed by atoms with E-state index in [2.05, 4.69) is 0 Å². The summed E-state index contributed by atoms with van der Waals surface area (Å²) in [4.78, 5) is 10.8. The zero-order valence-corrected chi connectivity index (χ0v) is 10.0. The fourth-order valence-corrected chi connectivity index (χ4v) is 2.31. The van der Waals surface area contributed by atoms with Crippen molar-refractivity contribution in [3.63, 3.8) is 0 Å². The average Bonchev–Trinajstić information content (AvgIpc) is 2.95. The van der Waals surface area contributed by atoms with E-state index in [4.69, 9.17) is 9.84 Å². The summed E-state index contributed by atoms with van der Waals surface area (Å²) in [6.45, 7) is 0.545. The molecule has 0 fully saturated rings. The Hall–Kier alpha value is -2.30. The number of fused-ring (bicyclic) bond motifs is 1. The fraction of sp³-hybridized carbons (Fsp3) is 0.214. The summed E-state index contributed by atoms with van der Waals surface area (Å²) in [6.07, 6.45) is 3.81. The van der Waals surface area contributed by atoms with Crippen LogP contribution >= 0.6 is 0 Å². The minimum atomic E-state index is -0.948. The summed E-state index contributed by atoms with van der Waals surface area (Å²) in [5.74, 6) is -0.509. The second-order valence-corrected chi connectivity index (χ2v) is 4.60. The first-order valence-corrected chi connectivity index (χ1v) is 5.96. The van der Waals surface area contributed by atoms with Gasteiger partial charge in [0.25, 0.3) is 0 Å². The number of hydrogen-bond donors (Lipinski definition) is 1. The maximum atomic E-state index is 13.1. The number of hydrogen-bond acceptors (Lipinski definition) is 2. The van der Waals surface area contributed by atoms with Crippen LogP contribution in [0, 0.1) is 5.82 Å². The van der Waals surface area contributed by atoms with Gasteiger partial charge >= 0.3 is 5.97 Å². The predicted octanol–water partition coefficient (Wildman–Crippen LogP) is 2.33. The minimum absolute atomic E-state index is 0.0918. The van der Waals surface area contributed by atoms with E-state index >= 15 is 0 Å². The third-order valence-electron chi connectivity index (χ3n) is 3.18. The largest absolute Gasteiger partial charge is 0.488 e. The summed E-state index contributed by atoms with van der Waals surface area (Å²) in [6, 6.07) is 6.03. The maximum absolute atomic E-state index is 13.1. The number of aromatic nitrogens is 1. The number of rotatable bonds is 3. The molecule has 19 heavy (non-hydrogen) atoms. The van der Waals surface area contributed by atoms with Crippen LogP contribution in [0.3, 0.4) is 0 Å². The Morgan fingerprint density at radius 3 is 3.05 bits per heavy atom. The summed E-state index contributed by atoms with van der Waals surface area (Å²) < 4.78 is 20.6. The van der Waals surface area contributed by atoms with Crippen molar-refractivity contribution < 1.29 is 19.0 Å². The van der Waals surface area contributed by atoms with Crippen LogP contribution in [0.15, 0.2) is 36.7 Å². The van der Waals surface area contributed by atoms with Crippen LogP contribution < -0.4 is 4.74 Å². The Bertz CT molecular complexity index is 635. The third-order valence-corrected chi connectivity index (χ3v) is 3.18. The van der Waals surface area contributed by atoms with Gasteiger partial charge in [0, 0.05) is 24.4 Å². The van der Waals surface area contributed by atoms with E-state index in [9.17, 15) is 9.18 Å². The van der Waals surface area contributed by atoms with Crippen molar-refractivity contribution in [2.45, 2.75) is 19.1 Å². The number of aromatic carboxylic acids is 1. The predicted molar refractivity (Wildman–Crippen MR) is 65.9 cm³/mol. The Kier molecular flexibility index (Phi) is 2.74. The van der Waals surface area contributed by atoms with E-state index in [0.29, 0.717) is 18.7 Å². The van der Waals surface area contributed by atoms with Gasteiger partial charge in [-0.2, -0.15) is 0 Å². The molecule has 1 atom stereocenters. The highest BCUT2D eigenvalue weighted by molar-refractivity contribution is 5.87. The smallest absolute Gasteiger partial charge is 0.337 e. The summed E-state index contributed by atoms with van der Waals surface area (Å²) in [7, 11) is 0. The van der Waals surface area contributed by atoms with Crippen molar-refractivity contribution in [3.8, 4) is 5.75 Å². The molecule has 2 aromatic rings. The molecule has 4 nitrogen and oxygen atoms in total. The van der Waals surface area contributed by atoms with Crippen LogP contribution in [-0.2, 0) is 13.0 Å². The first-order chi connectivity index (χ1) is 9.11. The fourth-order valence-electron chi connectivity index (χ4n) is 2.31. The normalized spacial score (nSPS) is 17.0. The number of halogens is 1. The molecule has 0 amide bonds. The molecule has 1 aliphatic heterocycles. The van der Waals surface area contributed by atoms with Crippen molar-refractivity contribution >= 4 is 5.97 Å². The van der Waals surface area contributed by atoms with Gasteiger partial charge in [0.1, 0.15) is 17.7 Å². The summed E-state index contributed by atoms with van der Waals surface area (Å²) >= 11 is 0. The van der Waals surface area contributed by atoms with Gasteiger partial charge in [0.2, 0.25) is 0 Å². The zero-order valence-electron chi connectivity index (χ0n) is 10.0. The zero-order chi connectivity index (χ0) is 13.4. The number of nitrogens with zero attached hydrogens (tertiary/aromatic N) is 1. The van der Waals surface area contributed by atoms with Gasteiger partial charge < -0.3 is 14.4 Å². The molecule has 0 aliphatic carbocycles. The molecule has 0 saturated carbocycles. The lowest BCUT2D eigenvalue weighted by molar-refractivity contribution is 0.0696. The van der Waals surface area contributed by atoms with Gasteiger partial charge in [0.05, 0.1) is 12.1 Å². The summed E-state index contributed by atoms with van der Waals surface area (Å²) in [5.41, 5.74) is 1.11. The van der Waals surface area contributed by atoms with Gasteiger partial charge in [-0.25, -0.2) is 9.18 Å². The minimum Gasteiger partial charge on any atom is -0.488 e. The molecule has 0 radical (unpaired) electrons. The molecular weight excluding hydrogens is 249 g/mol. The molecule has 1 aromatic carbocycles. The monoisotopic (exact) mass is 261 g/mol. The van der Waals surface area contributed by atoms with Crippen LogP contribution in [0.2, 0.25) is 0 Å². The lowest BCUT2D eigenvalue weighted by Crippen LogP contribution is -2.19. The van der Waals surface area contributed by atoms with Crippen LogP contribution in [0.5, 0.6) is 5.75 Å². The number of carbonyl (C=O) groups is 1. The van der Waals surface area contributed by atoms with E-state index in [1.807, 2.05) is 0 Å². The van der Waals surface area contributed by atoms with Crippen molar-refractivity contribution in [1.82, 2.24) is 4.57 Å². The average molecular weight is 261 g/mol. The van der Waals surface area contributed by atoms with Gasteiger partial charge in [-0.05, 0) is 24.3 Å². The van der Waals surface area contributed by atoms with Crippen molar-refractivity contribution in [2.24, 2.45) is 0 Å². The molecule has 2 heterocycles. The van der Waals surface area contributed by atoms with Gasteiger partial charge in [-0.15, -0.1) is 0 Å².